The predicted molar refractivity (Wildman–Crippen MR) is 242 cm³/mol. The monoisotopic (exact) mass is 742 g/mol. The smallest absolute Gasteiger partial charge is 0.160 e. The summed E-state index contributed by atoms with van der Waals surface area (Å²) in [7, 11) is 0. The quantitative estimate of drug-likeness (QED) is 0.170. The lowest BCUT2D eigenvalue weighted by Crippen LogP contribution is -1.98. The van der Waals surface area contributed by atoms with Gasteiger partial charge in [-0.3, -0.25) is 0 Å². The van der Waals surface area contributed by atoms with Crippen LogP contribution in [-0.4, -0.2) is 19.1 Å². The Balaban J connectivity index is 0.956. The Morgan fingerprint density at radius 3 is 1.36 bits per heavy atom. The van der Waals surface area contributed by atoms with Crippen LogP contribution in [0, 0.1) is 13.8 Å². The van der Waals surface area contributed by atoms with Crippen LogP contribution < -0.4 is 0 Å². The Bertz CT molecular complexity index is 3230. The first-order chi connectivity index (χ1) is 28.6. The molecule has 4 nitrogen and oxygen atoms in total. The molecule has 0 radical (unpaired) electrons. The zero-order valence-electron chi connectivity index (χ0n) is 32.3. The number of aromatic nitrogens is 4. The first kappa shape index (κ1) is 33.8. The molecule has 0 saturated carbocycles. The molecule has 0 amide bonds. The molecule has 0 bridgehead atoms. The van der Waals surface area contributed by atoms with E-state index in [1.54, 1.807) is 0 Å². The SMILES string of the molecule is Cc1ccccc1-c1cc(-c2ccc(-c3ccc(-n4c5ccccc5c5cc(-n6c7ccccc7c7ccccc76)ccc54)cc3)cc2)nc(-c2ccccc2C)n1. The average Bonchev–Trinajstić information content (AvgIpc) is 3.79. The zero-order chi connectivity index (χ0) is 38.7. The third-order valence-electron chi connectivity index (χ3n) is 11.7. The molecule has 0 atom stereocenters. The van der Waals surface area contributed by atoms with E-state index in [0.717, 1.165) is 62.0 Å². The van der Waals surface area contributed by atoms with Gasteiger partial charge in [0.25, 0.3) is 0 Å². The summed E-state index contributed by atoms with van der Waals surface area (Å²) < 4.78 is 4.79. The number of hydrogen-bond acceptors (Lipinski definition) is 2. The number of benzene rings is 8. The van der Waals surface area contributed by atoms with Gasteiger partial charge in [-0.2, -0.15) is 0 Å². The number of aryl methyl sites for hydroxylation is 2. The summed E-state index contributed by atoms with van der Waals surface area (Å²) in [5.74, 6) is 0.738. The van der Waals surface area contributed by atoms with Gasteiger partial charge < -0.3 is 9.13 Å². The molecular formula is C54H38N4. The van der Waals surface area contributed by atoms with Crippen molar-refractivity contribution in [1.29, 1.82) is 0 Å². The Labute approximate surface area is 337 Å². The van der Waals surface area contributed by atoms with Crippen LogP contribution in [-0.2, 0) is 0 Å². The molecule has 0 N–H and O–H groups in total. The Morgan fingerprint density at radius 1 is 0.328 bits per heavy atom. The Morgan fingerprint density at radius 2 is 0.759 bits per heavy atom. The summed E-state index contributed by atoms with van der Waals surface area (Å²) in [5.41, 5.74) is 16.8. The van der Waals surface area contributed by atoms with Gasteiger partial charge in [0.15, 0.2) is 5.82 Å². The second-order valence-electron chi connectivity index (χ2n) is 15.1. The van der Waals surface area contributed by atoms with Crippen molar-refractivity contribution in [2.45, 2.75) is 13.8 Å². The van der Waals surface area contributed by atoms with Crippen LogP contribution in [0.4, 0.5) is 0 Å². The van der Waals surface area contributed by atoms with Crippen molar-refractivity contribution in [1.82, 2.24) is 19.1 Å². The fourth-order valence-corrected chi connectivity index (χ4v) is 8.75. The number of fused-ring (bicyclic) bond motifs is 6. The van der Waals surface area contributed by atoms with Crippen LogP contribution >= 0.6 is 0 Å². The summed E-state index contributed by atoms with van der Waals surface area (Å²) in [6.45, 7) is 4.25. The molecule has 3 heterocycles. The largest absolute Gasteiger partial charge is 0.309 e. The molecule has 274 valence electrons. The Hall–Kier alpha value is -7.56. The maximum Gasteiger partial charge on any atom is 0.160 e. The minimum atomic E-state index is 0.738. The first-order valence-electron chi connectivity index (χ1n) is 19.8. The Kier molecular flexibility index (Phi) is 7.90. The van der Waals surface area contributed by atoms with Crippen molar-refractivity contribution in [3.63, 3.8) is 0 Å². The van der Waals surface area contributed by atoms with Crippen LogP contribution in [0.5, 0.6) is 0 Å². The summed E-state index contributed by atoms with van der Waals surface area (Å²) in [6.07, 6.45) is 0. The van der Waals surface area contributed by atoms with Crippen molar-refractivity contribution in [2.75, 3.05) is 0 Å². The average molecular weight is 743 g/mol. The molecule has 11 aromatic rings. The van der Waals surface area contributed by atoms with Gasteiger partial charge in [-0.15, -0.1) is 0 Å². The molecule has 11 rings (SSSR count). The summed E-state index contributed by atoms with van der Waals surface area (Å²) >= 11 is 0. The second-order valence-corrected chi connectivity index (χ2v) is 15.1. The van der Waals surface area contributed by atoms with Gasteiger partial charge in [-0.05, 0) is 90.7 Å². The lowest BCUT2D eigenvalue weighted by molar-refractivity contribution is 1.17. The minimum Gasteiger partial charge on any atom is -0.309 e. The van der Waals surface area contributed by atoms with Gasteiger partial charge in [0.1, 0.15) is 0 Å². The molecule has 4 heteroatoms. The molecule has 0 spiro atoms. The standard InChI is InChI=1S/C54H38N4/c1-35-13-3-5-15-42(35)49-34-48(55-54(56-49)43-16-6-4-14-36(43)2)39-25-23-37(24-26-39)38-27-29-40(30-28-38)57-52-22-12-9-19-46(52)47-33-41(31-32-53(47)57)58-50-20-10-7-17-44(50)45-18-8-11-21-51(45)58/h3-34H,1-2H3. The van der Waals surface area contributed by atoms with Crippen LogP contribution in [0.3, 0.4) is 0 Å². The van der Waals surface area contributed by atoms with Gasteiger partial charge in [0, 0.05) is 49.6 Å². The van der Waals surface area contributed by atoms with Crippen molar-refractivity contribution in [2.24, 2.45) is 0 Å². The molecule has 3 aromatic heterocycles. The molecule has 0 aliphatic heterocycles. The van der Waals surface area contributed by atoms with Crippen molar-refractivity contribution < 1.29 is 0 Å². The zero-order valence-corrected chi connectivity index (χ0v) is 32.3. The lowest BCUT2D eigenvalue weighted by atomic mass is 10.00. The van der Waals surface area contributed by atoms with E-state index >= 15 is 0 Å². The van der Waals surface area contributed by atoms with E-state index in [9.17, 15) is 0 Å². The maximum absolute atomic E-state index is 5.11. The molecule has 8 aromatic carbocycles. The molecule has 58 heavy (non-hydrogen) atoms. The number of para-hydroxylation sites is 3. The fraction of sp³-hybridized carbons (Fsp3) is 0.0370. The highest BCUT2D eigenvalue weighted by Crippen LogP contribution is 2.38. The van der Waals surface area contributed by atoms with E-state index in [2.05, 4.69) is 217 Å². The molecule has 0 fully saturated rings. The van der Waals surface area contributed by atoms with E-state index in [-0.39, 0.29) is 0 Å². The van der Waals surface area contributed by atoms with Gasteiger partial charge in [0.05, 0.1) is 33.5 Å². The number of rotatable bonds is 6. The minimum absolute atomic E-state index is 0.738. The summed E-state index contributed by atoms with van der Waals surface area (Å²) in [4.78, 5) is 10.2. The molecule has 0 aliphatic carbocycles. The molecule has 0 unspecified atom stereocenters. The van der Waals surface area contributed by atoms with Crippen LogP contribution in [0.2, 0.25) is 0 Å². The predicted octanol–water partition coefficient (Wildman–Crippen LogP) is 14.0. The van der Waals surface area contributed by atoms with E-state index in [0.29, 0.717) is 0 Å². The van der Waals surface area contributed by atoms with Gasteiger partial charge in [-0.25, -0.2) is 9.97 Å². The van der Waals surface area contributed by atoms with Crippen LogP contribution in [0.15, 0.2) is 194 Å². The number of hydrogen-bond donors (Lipinski definition) is 0. The highest BCUT2D eigenvalue weighted by atomic mass is 15.0. The number of nitrogens with zero attached hydrogens (tertiary/aromatic N) is 4. The van der Waals surface area contributed by atoms with E-state index < -0.39 is 0 Å². The molecule has 0 aliphatic rings. The molecule has 0 saturated heterocycles. The van der Waals surface area contributed by atoms with Crippen LogP contribution in [0.25, 0.3) is 100 Å². The first-order valence-corrected chi connectivity index (χ1v) is 19.8. The van der Waals surface area contributed by atoms with Gasteiger partial charge in [0.2, 0.25) is 0 Å². The van der Waals surface area contributed by atoms with E-state index in [1.165, 1.54) is 49.2 Å². The summed E-state index contributed by atoms with van der Waals surface area (Å²) in [6, 6.07) is 69.6. The highest BCUT2D eigenvalue weighted by Gasteiger charge is 2.17. The lowest BCUT2D eigenvalue weighted by Gasteiger charge is -2.13. The van der Waals surface area contributed by atoms with Crippen molar-refractivity contribution >= 4 is 43.6 Å². The highest BCUT2D eigenvalue weighted by molar-refractivity contribution is 6.12. The summed E-state index contributed by atoms with van der Waals surface area (Å²) in [5, 5.41) is 5.00. The van der Waals surface area contributed by atoms with Gasteiger partial charge in [-0.1, -0.05) is 140 Å². The topological polar surface area (TPSA) is 35.6 Å². The van der Waals surface area contributed by atoms with Gasteiger partial charge >= 0.3 is 0 Å². The third-order valence-corrected chi connectivity index (χ3v) is 11.7. The second kappa shape index (κ2) is 13.6. The fourth-order valence-electron chi connectivity index (χ4n) is 8.75. The third kappa shape index (κ3) is 5.53. The van der Waals surface area contributed by atoms with Crippen molar-refractivity contribution in [3.05, 3.63) is 205 Å². The maximum atomic E-state index is 5.11. The van der Waals surface area contributed by atoms with Crippen LogP contribution in [0.1, 0.15) is 11.1 Å². The van der Waals surface area contributed by atoms with E-state index in [4.69, 9.17) is 9.97 Å². The van der Waals surface area contributed by atoms with E-state index in [1.807, 2.05) is 0 Å². The molecular weight excluding hydrogens is 705 g/mol. The normalized spacial score (nSPS) is 11.6. The van der Waals surface area contributed by atoms with Crippen molar-refractivity contribution in [3.8, 4) is 56.4 Å².